The monoisotopic (exact) mass is 299 g/mol. The average molecular weight is 299 g/mol. The molecule has 3 N–H and O–H groups in total. The van der Waals surface area contributed by atoms with E-state index in [0.717, 1.165) is 13.1 Å². The van der Waals surface area contributed by atoms with Crippen molar-refractivity contribution in [2.45, 2.75) is 52.6 Å². The van der Waals surface area contributed by atoms with E-state index < -0.39 is 0 Å². The fourth-order valence-electron chi connectivity index (χ4n) is 1.41. The third-order valence-corrected chi connectivity index (χ3v) is 3.14. The van der Waals surface area contributed by atoms with Gasteiger partial charge in [0.25, 0.3) is 0 Å². The molecule has 0 aliphatic rings. The first-order valence-electron chi connectivity index (χ1n) is 7.48. The molecule has 0 atom stereocenters. The average Bonchev–Trinajstić information content (AvgIpc) is 2.30. The van der Waals surface area contributed by atoms with Crippen molar-refractivity contribution in [3.63, 3.8) is 0 Å². The van der Waals surface area contributed by atoms with Gasteiger partial charge in [0.2, 0.25) is 5.91 Å². The summed E-state index contributed by atoms with van der Waals surface area (Å²) in [6.07, 6.45) is 0. The Morgan fingerprint density at radius 3 is 2.10 bits per heavy atom. The predicted octanol–water partition coefficient (Wildman–Crippen LogP) is 0.796. The number of rotatable bonds is 6. The molecule has 21 heavy (non-hydrogen) atoms. The highest BCUT2D eigenvalue weighted by atomic mass is 16.2. The van der Waals surface area contributed by atoms with Crippen LogP contribution in [0.25, 0.3) is 0 Å². The summed E-state index contributed by atoms with van der Waals surface area (Å²) < 4.78 is 0. The summed E-state index contributed by atoms with van der Waals surface area (Å²) in [5, 5.41) is 9.33. The van der Waals surface area contributed by atoms with E-state index in [0.29, 0.717) is 5.96 Å². The summed E-state index contributed by atoms with van der Waals surface area (Å²) >= 11 is 0. The van der Waals surface area contributed by atoms with Crippen LogP contribution in [0.3, 0.4) is 0 Å². The smallest absolute Gasteiger partial charge is 0.242 e. The number of guanidine groups is 1. The van der Waals surface area contributed by atoms with Crippen molar-refractivity contribution in [2.24, 2.45) is 4.99 Å². The number of hydrogen-bond acceptors (Lipinski definition) is 3. The van der Waals surface area contributed by atoms with Gasteiger partial charge in [-0.15, -0.1) is 0 Å². The molecule has 0 spiro atoms. The minimum absolute atomic E-state index is 0.00383. The third-order valence-electron chi connectivity index (χ3n) is 3.14. The van der Waals surface area contributed by atoms with E-state index in [1.54, 1.807) is 0 Å². The van der Waals surface area contributed by atoms with Crippen LogP contribution in [0.5, 0.6) is 0 Å². The van der Waals surface area contributed by atoms with E-state index in [9.17, 15) is 4.79 Å². The normalized spacial score (nSPS) is 13.3. The first-order valence-corrected chi connectivity index (χ1v) is 7.48. The van der Waals surface area contributed by atoms with Gasteiger partial charge in [0.1, 0.15) is 6.54 Å². The van der Waals surface area contributed by atoms with Crippen LogP contribution >= 0.6 is 0 Å². The summed E-state index contributed by atoms with van der Waals surface area (Å²) in [5.41, 5.74) is -0.227. The van der Waals surface area contributed by atoms with Crippen LogP contribution in [0.4, 0.5) is 0 Å². The van der Waals surface area contributed by atoms with Crippen LogP contribution in [-0.4, -0.2) is 61.6 Å². The Bertz CT molecular complexity index is 356. The Kier molecular flexibility index (Phi) is 7.71. The molecule has 0 unspecified atom stereocenters. The lowest BCUT2D eigenvalue weighted by molar-refractivity contribution is -0.121. The van der Waals surface area contributed by atoms with Crippen LogP contribution in [0.1, 0.15) is 41.5 Å². The Balaban J connectivity index is 4.54. The quantitative estimate of drug-likeness (QED) is 0.501. The van der Waals surface area contributed by atoms with Crippen molar-refractivity contribution >= 4 is 11.9 Å². The molecule has 0 saturated heterocycles. The zero-order chi connectivity index (χ0) is 16.7. The maximum Gasteiger partial charge on any atom is 0.242 e. The molecular weight excluding hydrogens is 266 g/mol. The second-order valence-corrected chi connectivity index (χ2v) is 7.05. The minimum atomic E-state index is -0.231. The summed E-state index contributed by atoms with van der Waals surface area (Å²) in [7, 11) is 4.09. The van der Waals surface area contributed by atoms with Gasteiger partial charge in [0.15, 0.2) is 5.96 Å². The van der Waals surface area contributed by atoms with Crippen LogP contribution in [0.15, 0.2) is 4.99 Å². The molecule has 1 amide bonds. The van der Waals surface area contributed by atoms with Crippen molar-refractivity contribution in [1.82, 2.24) is 20.9 Å². The Morgan fingerprint density at radius 2 is 1.67 bits per heavy atom. The molecule has 0 aliphatic carbocycles. The Hall–Kier alpha value is -1.30. The highest BCUT2D eigenvalue weighted by Gasteiger charge is 2.20. The van der Waals surface area contributed by atoms with Gasteiger partial charge < -0.3 is 20.9 Å². The topological polar surface area (TPSA) is 68.8 Å². The summed E-state index contributed by atoms with van der Waals surface area (Å²) in [4.78, 5) is 18.3. The van der Waals surface area contributed by atoms with E-state index in [-0.39, 0.29) is 23.5 Å². The Morgan fingerprint density at radius 1 is 1.10 bits per heavy atom. The van der Waals surface area contributed by atoms with Crippen molar-refractivity contribution in [3.05, 3.63) is 0 Å². The zero-order valence-corrected chi connectivity index (χ0v) is 14.9. The lowest BCUT2D eigenvalue weighted by Crippen LogP contribution is -2.51. The Labute approximate surface area is 129 Å². The van der Waals surface area contributed by atoms with Crippen LogP contribution in [0, 0.1) is 0 Å². The minimum Gasteiger partial charge on any atom is -0.357 e. The van der Waals surface area contributed by atoms with Crippen molar-refractivity contribution in [2.75, 3.05) is 33.7 Å². The van der Waals surface area contributed by atoms with Crippen LogP contribution in [-0.2, 0) is 4.79 Å². The maximum atomic E-state index is 11.8. The summed E-state index contributed by atoms with van der Waals surface area (Å²) in [6, 6.07) is 0. The van der Waals surface area contributed by atoms with Gasteiger partial charge in [-0.05, 0) is 55.6 Å². The zero-order valence-electron chi connectivity index (χ0n) is 14.9. The van der Waals surface area contributed by atoms with E-state index in [4.69, 9.17) is 0 Å². The fourth-order valence-corrected chi connectivity index (χ4v) is 1.41. The van der Waals surface area contributed by atoms with Crippen molar-refractivity contribution in [3.8, 4) is 0 Å². The summed E-state index contributed by atoms with van der Waals surface area (Å²) in [6.45, 7) is 13.8. The number of amides is 1. The number of carbonyl (C=O) groups excluding carboxylic acids is 1. The van der Waals surface area contributed by atoms with E-state index in [1.165, 1.54) is 0 Å². The van der Waals surface area contributed by atoms with Gasteiger partial charge >= 0.3 is 0 Å². The lowest BCUT2D eigenvalue weighted by Gasteiger charge is -2.33. The molecule has 0 aromatic rings. The van der Waals surface area contributed by atoms with Gasteiger partial charge in [0, 0.05) is 24.2 Å². The predicted molar refractivity (Wildman–Crippen MR) is 89.6 cm³/mol. The molecule has 0 heterocycles. The van der Waals surface area contributed by atoms with Gasteiger partial charge in [0.05, 0.1) is 0 Å². The van der Waals surface area contributed by atoms with E-state index in [2.05, 4.69) is 39.7 Å². The second kappa shape index (κ2) is 8.22. The highest BCUT2D eigenvalue weighted by Crippen LogP contribution is 2.07. The van der Waals surface area contributed by atoms with Gasteiger partial charge in [-0.1, -0.05) is 0 Å². The molecule has 0 radical (unpaired) electrons. The molecule has 0 saturated carbocycles. The number of nitrogens with one attached hydrogen (secondary N) is 3. The lowest BCUT2D eigenvalue weighted by atomic mass is 10.0. The fraction of sp³-hybridized carbons (Fsp3) is 0.867. The molecule has 0 fully saturated rings. The van der Waals surface area contributed by atoms with Gasteiger partial charge in [-0.2, -0.15) is 0 Å². The number of likely N-dealkylation sites (N-methyl/N-ethyl adjacent to an activating group) is 1. The van der Waals surface area contributed by atoms with Crippen LogP contribution < -0.4 is 16.0 Å². The molecule has 0 bridgehead atoms. The highest BCUT2D eigenvalue weighted by molar-refractivity contribution is 5.85. The third kappa shape index (κ3) is 9.28. The largest absolute Gasteiger partial charge is 0.357 e. The number of carbonyl (C=O) groups is 1. The molecule has 124 valence electrons. The first-order chi connectivity index (χ1) is 9.48. The molecular formula is C15H33N5O. The summed E-state index contributed by atoms with van der Waals surface area (Å²) in [5.74, 6) is 0.586. The molecule has 0 rings (SSSR count). The van der Waals surface area contributed by atoms with E-state index in [1.807, 2.05) is 41.8 Å². The van der Waals surface area contributed by atoms with Crippen molar-refractivity contribution in [1.29, 1.82) is 0 Å². The maximum absolute atomic E-state index is 11.8. The van der Waals surface area contributed by atoms with Crippen LogP contribution in [0.2, 0.25) is 0 Å². The SMILES string of the molecule is CCNC(=NCC(=O)NC(C)(C)C)NCC(C)(C)N(C)C. The van der Waals surface area contributed by atoms with Gasteiger partial charge in [-0.3, -0.25) is 4.79 Å². The molecule has 0 aromatic heterocycles. The second-order valence-electron chi connectivity index (χ2n) is 7.05. The molecule has 0 aromatic carbocycles. The first kappa shape index (κ1) is 19.7. The molecule has 6 heteroatoms. The number of nitrogens with zero attached hydrogens (tertiary/aromatic N) is 2. The standard InChI is InChI=1S/C15H33N5O/c1-9-16-13(18-11-15(5,6)20(7)8)17-10-12(21)19-14(2,3)4/h9-11H2,1-8H3,(H,19,21)(H2,16,17,18). The molecule has 0 aliphatic heterocycles. The molecule has 6 nitrogen and oxygen atoms in total. The van der Waals surface area contributed by atoms with Crippen molar-refractivity contribution < 1.29 is 4.79 Å². The van der Waals surface area contributed by atoms with E-state index >= 15 is 0 Å². The number of aliphatic imine (C=N–C) groups is 1. The number of hydrogen-bond donors (Lipinski definition) is 3. The van der Waals surface area contributed by atoms with Gasteiger partial charge in [-0.25, -0.2) is 4.99 Å².